The van der Waals surface area contributed by atoms with Crippen LogP contribution in [0.2, 0.25) is 10.0 Å². The summed E-state index contributed by atoms with van der Waals surface area (Å²) in [6.07, 6.45) is 6.12. The fourth-order valence-corrected chi connectivity index (χ4v) is 2.97. The zero-order chi connectivity index (χ0) is 16.2. The first kappa shape index (κ1) is 16.1. The van der Waals surface area contributed by atoms with Crippen molar-refractivity contribution in [3.63, 3.8) is 0 Å². The van der Waals surface area contributed by atoms with E-state index in [1.165, 1.54) is 12.8 Å². The molecule has 0 bridgehead atoms. The highest BCUT2D eigenvalue weighted by molar-refractivity contribution is 6.42. The molecule has 0 aliphatic heterocycles. The number of nitrogens with one attached hydrogen (secondary N) is 2. The number of hydrogen-bond acceptors (Lipinski definition) is 3. The lowest BCUT2D eigenvalue weighted by atomic mass is 10.2. The summed E-state index contributed by atoms with van der Waals surface area (Å²) >= 11 is 11.9. The zero-order valence-electron chi connectivity index (χ0n) is 12.5. The highest BCUT2D eigenvalue weighted by Gasteiger charge is 2.18. The van der Waals surface area contributed by atoms with Crippen LogP contribution in [0.25, 0.3) is 0 Å². The Kier molecular flexibility index (Phi) is 5.03. The molecule has 2 aromatic rings. The molecule has 2 N–H and O–H groups in total. The molecule has 4 nitrogen and oxygen atoms in total. The third kappa shape index (κ3) is 4.15. The second-order valence-corrected chi connectivity index (χ2v) is 6.46. The third-order valence-electron chi connectivity index (χ3n) is 3.89. The van der Waals surface area contributed by atoms with Crippen molar-refractivity contribution in [1.82, 2.24) is 10.3 Å². The Labute approximate surface area is 145 Å². The summed E-state index contributed by atoms with van der Waals surface area (Å²) in [6, 6.07) is 9.12. The molecule has 1 saturated carbocycles. The lowest BCUT2D eigenvalue weighted by molar-refractivity contribution is 0.0933. The van der Waals surface area contributed by atoms with Crippen LogP contribution in [0, 0.1) is 0 Å². The highest BCUT2D eigenvalue weighted by atomic mass is 35.5. The van der Waals surface area contributed by atoms with Crippen molar-refractivity contribution < 1.29 is 4.79 Å². The minimum Gasteiger partial charge on any atom is -0.354 e. The number of rotatable bonds is 4. The molecule has 3 rings (SSSR count). The Hall–Kier alpha value is -1.78. The molecule has 1 aliphatic rings. The summed E-state index contributed by atoms with van der Waals surface area (Å²) in [6.45, 7) is 0. The number of carbonyl (C=O) groups excluding carboxylic acids is 1. The number of amides is 1. The first-order valence-electron chi connectivity index (χ1n) is 7.61. The first-order chi connectivity index (χ1) is 11.1. The van der Waals surface area contributed by atoms with Crippen LogP contribution in [0.5, 0.6) is 0 Å². The summed E-state index contributed by atoms with van der Waals surface area (Å²) < 4.78 is 0. The molecule has 1 amide bonds. The zero-order valence-corrected chi connectivity index (χ0v) is 14.0. The van der Waals surface area contributed by atoms with E-state index in [-0.39, 0.29) is 5.91 Å². The van der Waals surface area contributed by atoms with Crippen LogP contribution in [0.1, 0.15) is 36.2 Å². The predicted molar refractivity (Wildman–Crippen MR) is 93.7 cm³/mol. The molecule has 0 atom stereocenters. The average molecular weight is 350 g/mol. The Balaban J connectivity index is 1.64. The van der Waals surface area contributed by atoms with Gasteiger partial charge in [0.15, 0.2) is 0 Å². The van der Waals surface area contributed by atoms with Crippen LogP contribution in [0.4, 0.5) is 11.4 Å². The van der Waals surface area contributed by atoms with Crippen molar-refractivity contribution in [2.45, 2.75) is 31.7 Å². The molecule has 1 aromatic carbocycles. The van der Waals surface area contributed by atoms with Crippen LogP contribution in [-0.2, 0) is 0 Å². The van der Waals surface area contributed by atoms with Gasteiger partial charge in [-0.25, -0.2) is 4.98 Å². The van der Waals surface area contributed by atoms with Gasteiger partial charge in [-0.05, 0) is 43.2 Å². The van der Waals surface area contributed by atoms with Crippen LogP contribution >= 0.6 is 23.2 Å². The largest absolute Gasteiger partial charge is 0.354 e. The Morgan fingerprint density at radius 3 is 2.43 bits per heavy atom. The Morgan fingerprint density at radius 1 is 1.04 bits per heavy atom. The van der Waals surface area contributed by atoms with Crippen molar-refractivity contribution in [2.75, 3.05) is 5.32 Å². The van der Waals surface area contributed by atoms with E-state index in [9.17, 15) is 4.79 Å². The molecule has 0 unspecified atom stereocenters. The number of pyridine rings is 1. The van der Waals surface area contributed by atoms with Gasteiger partial charge >= 0.3 is 0 Å². The van der Waals surface area contributed by atoms with Crippen molar-refractivity contribution in [3.05, 3.63) is 52.3 Å². The van der Waals surface area contributed by atoms with Crippen LogP contribution < -0.4 is 10.6 Å². The maximum Gasteiger partial charge on any atom is 0.270 e. The molecule has 1 aromatic heterocycles. The number of carbonyl (C=O) groups is 1. The lowest BCUT2D eigenvalue weighted by Gasteiger charge is -2.12. The second-order valence-electron chi connectivity index (χ2n) is 5.64. The maximum absolute atomic E-state index is 12.1. The topological polar surface area (TPSA) is 54.0 Å². The summed E-state index contributed by atoms with van der Waals surface area (Å²) in [5, 5.41) is 7.19. The molecule has 0 spiro atoms. The van der Waals surface area contributed by atoms with Crippen LogP contribution in [-0.4, -0.2) is 16.9 Å². The van der Waals surface area contributed by atoms with Crippen molar-refractivity contribution >= 4 is 40.5 Å². The average Bonchev–Trinajstić information content (AvgIpc) is 3.04. The van der Waals surface area contributed by atoms with Crippen LogP contribution in [0.15, 0.2) is 36.5 Å². The molecule has 6 heteroatoms. The van der Waals surface area contributed by atoms with Crippen molar-refractivity contribution in [2.24, 2.45) is 0 Å². The monoisotopic (exact) mass is 349 g/mol. The summed E-state index contributed by atoms with van der Waals surface area (Å²) in [5.74, 6) is -0.113. The van der Waals surface area contributed by atoms with Gasteiger partial charge in [0, 0.05) is 11.7 Å². The number of hydrogen-bond donors (Lipinski definition) is 2. The number of anilines is 2. The second kappa shape index (κ2) is 7.20. The lowest BCUT2D eigenvalue weighted by Crippen LogP contribution is -2.33. The van der Waals surface area contributed by atoms with Gasteiger partial charge < -0.3 is 10.6 Å². The minimum absolute atomic E-state index is 0.113. The van der Waals surface area contributed by atoms with Gasteiger partial charge in [0.2, 0.25) is 0 Å². The molecule has 0 radical (unpaired) electrons. The fraction of sp³-hybridized carbons (Fsp3) is 0.294. The van der Waals surface area contributed by atoms with Gasteiger partial charge in [-0.3, -0.25) is 4.79 Å². The van der Waals surface area contributed by atoms with Crippen molar-refractivity contribution in [1.29, 1.82) is 0 Å². The normalized spacial score (nSPS) is 14.7. The third-order valence-corrected chi connectivity index (χ3v) is 4.63. The summed E-state index contributed by atoms with van der Waals surface area (Å²) in [5.41, 5.74) is 2.02. The standard InChI is InChI=1S/C17H17Cl2N3O/c18-14-7-5-12(9-15(14)19)21-13-6-8-16(20-10-13)17(23)22-11-3-1-2-4-11/h5-11,21H,1-4H2,(H,22,23). The minimum atomic E-state index is -0.113. The molecule has 1 fully saturated rings. The predicted octanol–water partition coefficient (Wildman–Crippen LogP) is 4.80. The van der Waals surface area contributed by atoms with Gasteiger partial charge in [0.05, 0.1) is 21.9 Å². The highest BCUT2D eigenvalue weighted by Crippen LogP contribution is 2.26. The van der Waals surface area contributed by atoms with E-state index in [0.717, 1.165) is 24.2 Å². The Morgan fingerprint density at radius 2 is 1.78 bits per heavy atom. The van der Waals surface area contributed by atoms with Gasteiger partial charge in [0.1, 0.15) is 5.69 Å². The number of benzene rings is 1. The maximum atomic E-state index is 12.1. The van der Waals surface area contributed by atoms with Gasteiger partial charge in [-0.15, -0.1) is 0 Å². The number of nitrogens with zero attached hydrogens (tertiary/aromatic N) is 1. The number of aromatic nitrogens is 1. The van der Waals surface area contributed by atoms with E-state index >= 15 is 0 Å². The molecule has 23 heavy (non-hydrogen) atoms. The molecule has 0 saturated heterocycles. The number of halogens is 2. The molecule has 1 aliphatic carbocycles. The molecule has 120 valence electrons. The SMILES string of the molecule is O=C(NC1CCCC1)c1ccc(Nc2ccc(Cl)c(Cl)c2)cn1. The van der Waals surface area contributed by atoms with E-state index in [0.29, 0.717) is 21.8 Å². The van der Waals surface area contributed by atoms with Crippen molar-refractivity contribution in [3.8, 4) is 0 Å². The van der Waals surface area contributed by atoms with Crippen LogP contribution in [0.3, 0.4) is 0 Å². The van der Waals surface area contributed by atoms with Gasteiger partial charge in [-0.1, -0.05) is 36.0 Å². The van der Waals surface area contributed by atoms with E-state index in [2.05, 4.69) is 15.6 Å². The van der Waals surface area contributed by atoms with E-state index in [4.69, 9.17) is 23.2 Å². The molecule has 1 heterocycles. The van der Waals surface area contributed by atoms with E-state index in [1.807, 2.05) is 12.1 Å². The molecular weight excluding hydrogens is 333 g/mol. The fourth-order valence-electron chi connectivity index (χ4n) is 2.67. The van der Waals surface area contributed by atoms with Gasteiger partial charge in [-0.2, -0.15) is 0 Å². The molecular formula is C17H17Cl2N3O. The first-order valence-corrected chi connectivity index (χ1v) is 8.36. The van der Waals surface area contributed by atoms with Gasteiger partial charge in [0.25, 0.3) is 5.91 Å². The summed E-state index contributed by atoms with van der Waals surface area (Å²) in [7, 11) is 0. The quantitative estimate of drug-likeness (QED) is 0.832. The van der Waals surface area contributed by atoms with E-state index in [1.54, 1.807) is 24.4 Å². The Bertz CT molecular complexity index is 697. The summed E-state index contributed by atoms with van der Waals surface area (Å²) in [4.78, 5) is 16.3. The smallest absolute Gasteiger partial charge is 0.270 e. The van der Waals surface area contributed by atoms with E-state index < -0.39 is 0 Å².